The Morgan fingerprint density at radius 3 is 2.12 bits per heavy atom. The molecule has 0 bridgehead atoms. The molecule has 0 saturated heterocycles. The van der Waals surface area contributed by atoms with Gasteiger partial charge in [0, 0.05) is 11.6 Å². The van der Waals surface area contributed by atoms with Crippen molar-refractivity contribution in [2.24, 2.45) is 0 Å². The molecule has 0 aliphatic rings. The minimum atomic E-state index is -0.988. The van der Waals surface area contributed by atoms with Crippen LogP contribution in [-0.4, -0.2) is 46.6 Å². The van der Waals surface area contributed by atoms with Crippen molar-refractivity contribution in [3.05, 3.63) is 0 Å². The number of carbonyl (C=O) groups excluding carboxylic acids is 1. The molecule has 1 amide bonds. The molecule has 0 saturated carbocycles. The SMILES string of the molecule is CC(C)N(CC(=O)O)C(=O)CNC(C)(C)C. The van der Waals surface area contributed by atoms with E-state index in [2.05, 4.69) is 5.32 Å². The molecular weight excluding hydrogens is 208 g/mol. The van der Waals surface area contributed by atoms with Crippen molar-refractivity contribution in [2.45, 2.75) is 46.2 Å². The fourth-order valence-electron chi connectivity index (χ4n) is 1.15. The van der Waals surface area contributed by atoms with Gasteiger partial charge in [-0.05, 0) is 34.6 Å². The van der Waals surface area contributed by atoms with Crippen LogP contribution in [0.3, 0.4) is 0 Å². The zero-order valence-corrected chi connectivity index (χ0v) is 10.7. The van der Waals surface area contributed by atoms with Crippen molar-refractivity contribution >= 4 is 11.9 Å². The monoisotopic (exact) mass is 230 g/mol. The summed E-state index contributed by atoms with van der Waals surface area (Å²) in [5.74, 6) is -1.18. The Hall–Kier alpha value is -1.10. The molecule has 0 aromatic carbocycles. The molecule has 5 nitrogen and oxygen atoms in total. The van der Waals surface area contributed by atoms with E-state index in [-0.39, 0.29) is 30.6 Å². The average molecular weight is 230 g/mol. The number of carboxylic acids is 1. The van der Waals surface area contributed by atoms with Crippen LogP contribution in [-0.2, 0) is 9.59 Å². The Balaban J connectivity index is 4.34. The summed E-state index contributed by atoms with van der Waals surface area (Å²) in [7, 11) is 0. The molecule has 0 aromatic rings. The third kappa shape index (κ3) is 6.40. The van der Waals surface area contributed by atoms with Crippen LogP contribution in [0.2, 0.25) is 0 Å². The molecule has 0 radical (unpaired) electrons. The van der Waals surface area contributed by atoms with Gasteiger partial charge in [0.1, 0.15) is 6.54 Å². The van der Waals surface area contributed by atoms with Gasteiger partial charge in [-0.1, -0.05) is 0 Å². The first kappa shape index (κ1) is 14.9. The van der Waals surface area contributed by atoms with E-state index in [1.807, 2.05) is 20.8 Å². The molecule has 0 rings (SSSR count). The van der Waals surface area contributed by atoms with E-state index in [0.29, 0.717) is 0 Å². The van der Waals surface area contributed by atoms with Crippen LogP contribution >= 0.6 is 0 Å². The molecule has 0 aliphatic heterocycles. The second-order valence-electron chi connectivity index (χ2n) is 5.11. The van der Waals surface area contributed by atoms with Gasteiger partial charge in [0.25, 0.3) is 0 Å². The standard InChI is InChI=1S/C11H22N2O3/c1-8(2)13(7-10(15)16)9(14)6-12-11(3,4)5/h8,12H,6-7H2,1-5H3,(H,15,16). The number of carboxylic acid groups (broad SMARTS) is 1. The molecule has 0 atom stereocenters. The number of nitrogens with one attached hydrogen (secondary N) is 1. The minimum absolute atomic E-state index is 0.106. The smallest absolute Gasteiger partial charge is 0.323 e. The van der Waals surface area contributed by atoms with Crippen LogP contribution in [0.25, 0.3) is 0 Å². The first-order chi connectivity index (χ1) is 7.13. The van der Waals surface area contributed by atoms with E-state index in [4.69, 9.17) is 5.11 Å². The second kappa shape index (κ2) is 5.84. The van der Waals surface area contributed by atoms with Crippen molar-refractivity contribution in [3.8, 4) is 0 Å². The van der Waals surface area contributed by atoms with Gasteiger partial charge < -0.3 is 15.3 Å². The number of hydrogen-bond acceptors (Lipinski definition) is 3. The van der Waals surface area contributed by atoms with Gasteiger partial charge in [-0.2, -0.15) is 0 Å². The molecule has 16 heavy (non-hydrogen) atoms. The van der Waals surface area contributed by atoms with Crippen molar-refractivity contribution in [1.29, 1.82) is 0 Å². The Morgan fingerprint density at radius 1 is 1.31 bits per heavy atom. The van der Waals surface area contributed by atoms with Crippen LogP contribution in [0.5, 0.6) is 0 Å². The molecule has 0 aromatic heterocycles. The first-order valence-corrected chi connectivity index (χ1v) is 5.40. The lowest BCUT2D eigenvalue weighted by Gasteiger charge is -2.27. The zero-order chi connectivity index (χ0) is 12.9. The van der Waals surface area contributed by atoms with Crippen LogP contribution in [0.4, 0.5) is 0 Å². The van der Waals surface area contributed by atoms with Crippen molar-refractivity contribution < 1.29 is 14.7 Å². The number of nitrogens with zero attached hydrogens (tertiary/aromatic N) is 1. The highest BCUT2D eigenvalue weighted by atomic mass is 16.4. The molecule has 0 aliphatic carbocycles. The summed E-state index contributed by atoms with van der Waals surface area (Å²) in [5, 5.41) is 11.7. The van der Waals surface area contributed by atoms with Gasteiger partial charge in [0.2, 0.25) is 5.91 Å². The molecule has 0 fully saturated rings. The number of rotatable bonds is 5. The molecule has 0 heterocycles. The Labute approximate surface area is 96.8 Å². The van der Waals surface area contributed by atoms with E-state index in [1.54, 1.807) is 13.8 Å². The molecule has 2 N–H and O–H groups in total. The summed E-state index contributed by atoms with van der Waals surface area (Å²) in [5.41, 5.74) is -0.151. The third-order valence-electron chi connectivity index (χ3n) is 2.02. The molecular formula is C11H22N2O3. The quantitative estimate of drug-likeness (QED) is 0.729. The van der Waals surface area contributed by atoms with Crippen molar-refractivity contribution in [2.75, 3.05) is 13.1 Å². The maximum absolute atomic E-state index is 11.8. The Bertz CT molecular complexity index is 256. The maximum atomic E-state index is 11.8. The van der Waals surface area contributed by atoms with Gasteiger partial charge >= 0.3 is 5.97 Å². The highest BCUT2D eigenvalue weighted by Crippen LogP contribution is 2.01. The van der Waals surface area contributed by atoms with E-state index >= 15 is 0 Å². The summed E-state index contributed by atoms with van der Waals surface area (Å²) >= 11 is 0. The van der Waals surface area contributed by atoms with E-state index in [9.17, 15) is 9.59 Å². The number of aliphatic carboxylic acids is 1. The Morgan fingerprint density at radius 2 is 1.81 bits per heavy atom. The first-order valence-electron chi connectivity index (χ1n) is 5.40. The lowest BCUT2D eigenvalue weighted by Crippen LogP contribution is -2.48. The van der Waals surface area contributed by atoms with Crippen LogP contribution in [0.15, 0.2) is 0 Å². The number of carbonyl (C=O) groups is 2. The Kier molecular flexibility index (Phi) is 5.44. The van der Waals surface area contributed by atoms with Gasteiger partial charge in [-0.15, -0.1) is 0 Å². The van der Waals surface area contributed by atoms with Crippen LogP contribution in [0.1, 0.15) is 34.6 Å². The minimum Gasteiger partial charge on any atom is -0.480 e. The van der Waals surface area contributed by atoms with Gasteiger partial charge in [0.15, 0.2) is 0 Å². The summed E-state index contributed by atoms with van der Waals surface area (Å²) in [6, 6.07) is -0.106. The van der Waals surface area contributed by atoms with Crippen LogP contribution < -0.4 is 5.32 Å². The summed E-state index contributed by atoms with van der Waals surface area (Å²) < 4.78 is 0. The lowest BCUT2D eigenvalue weighted by atomic mass is 10.1. The number of amides is 1. The van der Waals surface area contributed by atoms with Gasteiger partial charge in [-0.3, -0.25) is 9.59 Å². The average Bonchev–Trinajstić information content (AvgIpc) is 2.08. The van der Waals surface area contributed by atoms with Crippen LogP contribution in [0, 0.1) is 0 Å². The predicted octanol–water partition coefficient (Wildman–Crippen LogP) is 0.696. The third-order valence-corrected chi connectivity index (χ3v) is 2.02. The van der Waals surface area contributed by atoms with E-state index in [0.717, 1.165) is 0 Å². The summed E-state index contributed by atoms with van der Waals surface area (Å²) in [4.78, 5) is 23.7. The molecule has 0 unspecified atom stereocenters. The highest BCUT2D eigenvalue weighted by Gasteiger charge is 2.21. The second-order valence-corrected chi connectivity index (χ2v) is 5.11. The normalized spacial score (nSPS) is 11.6. The van der Waals surface area contributed by atoms with E-state index < -0.39 is 5.97 Å². The lowest BCUT2D eigenvalue weighted by molar-refractivity contribution is -0.145. The molecule has 5 heteroatoms. The maximum Gasteiger partial charge on any atom is 0.323 e. The zero-order valence-electron chi connectivity index (χ0n) is 10.7. The van der Waals surface area contributed by atoms with Gasteiger partial charge in [0.05, 0.1) is 6.54 Å². The molecule has 0 spiro atoms. The fourth-order valence-corrected chi connectivity index (χ4v) is 1.15. The van der Waals surface area contributed by atoms with Crippen molar-refractivity contribution in [1.82, 2.24) is 10.2 Å². The largest absolute Gasteiger partial charge is 0.480 e. The van der Waals surface area contributed by atoms with Crippen molar-refractivity contribution in [3.63, 3.8) is 0 Å². The summed E-state index contributed by atoms with van der Waals surface area (Å²) in [6.07, 6.45) is 0. The predicted molar refractivity (Wildman–Crippen MR) is 62.2 cm³/mol. The summed E-state index contributed by atoms with van der Waals surface area (Å²) in [6.45, 7) is 9.39. The molecule has 94 valence electrons. The number of hydrogen-bond donors (Lipinski definition) is 2. The fraction of sp³-hybridized carbons (Fsp3) is 0.818. The topological polar surface area (TPSA) is 69.6 Å². The van der Waals surface area contributed by atoms with Gasteiger partial charge in [-0.25, -0.2) is 0 Å². The van der Waals surface area contributed by atoms with E-state index in [1.165, 1.54) is 4.90 Å². The highest BCUT2D eigenvalue weighted by molar-refractivity contribution is 5.83.